The van der Waals surface area contributed by atoms with Crippen molar-refractivity contribution in [3.63, 3.8) is 0 Å². The van der Waals surface area contributed by atoms with E-state index in [2.05, 4.69) is 24.4 Å². The maximum atomic E-state index is 5.97. The van der Waals surface area contributed by atoms with Crippen LogP contribution in [0.1, 0.15) is 44.6 Å². The summed E-state index contributed by atoms with van der Waals surface area (Å²) in [6, 6.07) is 8.40. The average molecular weight is 280 g/mol. The fourth-order valence-electron chi connectivity index (χ4n) is 3.26. The lowest BCUT2D eigenvalue weighted by molar-refractivity contribution is 0.240. The Balaban J connectivity index is 1.97. The molecule has 0 aliphatic heterocycles. The van der Waals surface area contributed by atoms with E-state index in [4.69, 9.17) is 11.6 Å². The predicted molar refractivity (Wildman–Crippen MR) is 83.8 cm³/mol. The first kappa shape index (κ1) is 14.9. The van der Waals surface area contributed by atoms with Gasteiger partial charge in [-0.1, -0.05) is 62.8 Å². The summed E-state index contributed by atoms with van der Waals surface area (Å²) >= 11 is 5.97. The normalized spacial score (nSPS) is 18.4. The van der Waals surface area contributed by atoms with E-state index in [-0.39, 0.29) is 0 Å². The summed E-state index contributed by atoms with van der Waals surface area (Å²) in [5.41, 5.74) is 1.43. The van der Waals surface area contributed by atoms with Crippen molar-refractivity contribution < 1.29 is 0 Å². The standard InChI is InChI=1S/C17H26ClN/c1-2-19-13-16(15-6-4-3-5-7-15)12-14-8-10-17(18)11-9-14/h8-11,15-16,19H,2-7,12-13H2,1H3. The molecule has 0 aromatic heterocycles. The van der Waals surface area contributed by atoms with Crippen molar-refractivity contribution >= 4 is 11.6 Å². The SMILES string of the molecule is CCNCC(Cc1ccc(Cl)cc1)C1CCCCC1. The van der Waals surface area contributed by atoms with E-state index >= 15 is 0 Å². The van der Waals surface area contributed by atoms with E-state index in [0.717, 1.165) is 29.9 Å². The maximum absolute atomic E-state index is 5.97. The van der Waals surface area contributed by atoms with Gasteiger partial charge in [0.25, 0.3) is 0 Å². The number of benzene rings is 1. The molecule has 106 valence electrons. The number of hydrogen-bond acceptors (Lipinski definition) is 1. The van der Waals surface area contributed by atoms with E-state index < -0.39 is 0 Å². The second-order valence-electron chi connectivity index (χ2n) is 5.80. The Bertz CT molecular complexity index is 354. The molecule has 1 aromatic carbocycles. The molecule has 0 saturated heterocycles. The maximum Gasteiger partial charge on any atom is 0.0406 e. The summed E-state index contributed by atoms with van der Waals surface area (Å²) < 4.78 is 0. The van der Waals surface area contributed by atoms with Crippen LogP contribution in [0.5, 0.6) is 0 Å². The first-order chi connectivity index (χ1) is 9.29. The second-order valence-corrected chi connectivity index (χ2v) is 6.23. The molecule has 1 aliphatic rings. The number of halogens is 1. The molecule has 1 unspecified atom stereocenters. The van der Waals surface area contributed by atoms with Crippen molar-refractivity contribution in [2.45, 2.75) is 45.4 Å². The van der Waals surface area contributed by atoms with Gasteiger partial charge in [-0.05, 0) is 49.0 Å². The van der Waals surface area contributed by atoms with Gasteiger partial charge in [0.1, 0.15) is 0 Å². The summed E-state index contributed by atoms with van der Waals surface area (Å²) in [7, 11) is 0. The molecule has 19 heavy (non-hydrogen) atoms. The second kappa shape index (κ2) is 7.91. The van der Waals surface area contributed by atoms with Crippen molar-refractivity contribution in [2.24, 2.45) is 11.8 Å². The Labute approximate surface area is 122 Å². The molecule has 0 heterocycles. The molecule has 2 heteroatoms. The molecule has 1 aliphatic carbocycles. The largest absolute Gasteiger partial charge is 0.317 e. The van der Waals surface area contributed by atoms with Gasteiger partial charge in [0.2, 0.25) is 0 Å². The molecule has 1 fully saturated rings. The van der Waals surface area contributed by atoms with Crippen LogP contribution < -0.4 is 5.32 Å². The zero-order chi connectivity index (χ0) is 13.5. The van der Waals surface area contributed by atoms with E-state index in [1.54, 1.807) is 0 Å². The highest BCUT2D eigenvalue weighted by atomic mass is 35.5. The fourth-order valence-corrected chi connectivity index (χ4v) is 3.39. The van der Waals surface area contributed by atoms with E-state index in [1.165, 1.54) is 44.1 Å². The van der Waals surface area contributed by atoms with Crippen LogP contribution in [0.25, 0.3) is 0 Å². The average Bonchev–Trinajstić information content (AvgIpc) is 2.46. The third kappa shape index (κ3) is 4.81. The zero-order valence-corrected chi connectivity index (χ0v) is 12.8. The lowest BCUT2D eigenvalue weighted by Crippen LogP contribution is -2.31. The highest BCUT2D eigenvalue weighted by molar-refractivity contribution is 6.30. The first-order valence-electron chi connectivity index (χ1n) is 7.74. The van der Waals surface area contributed by atoms with Gasteiger partial charge in [0.05, 0.1) is 0 Å². The van der Waals surface area contributed by atoms with E-state index in [1.807, 2.05) is 12.1 Å². The van der Waals surface area contributed by atoms with Crippen molar-refractivity contribution in [1.29, 1.82) is 0 Å². The zero-order valence-electron chi connectivity index (χ0n) is 12.0. The van der Waals surface area contributed by atoms with E-state index in [0.29, 0.717) is 0 Å². The molecule has 0 spiro atoms. The van der Waals surface area contributed by atoms with Crippen LogP contribution in [0.4, 0.5) is 0 Å². The lowest BCUT2D eigenvalue weighted by atomic mass is 9.77. The fraction of sp³-hybridized carbons (Fsp3) is 0.647. The molecule has 1 saturated carbocycles. The quantitative estimate of drug-likeness (QED) is 0.797. The Hall–Kier alpha value is -0.530. The molecule has 0 bridgehead atoms. The summed E-state index contributed by atoms with van der Waals surface area (Å²) in [4.78, 5) is 0. The van der Waals surface area contributed by atoms with E-state index in [9.17, 15) is 0 Å². The number of rotatable bonds is 6. The van der Waals surface area contributed by atoms with Gasteiger partial charge in [-0.2, -0.15) is 0 Å². The molecule has 2 rings (SSSR count). The Morgan fingerprint density at radius 1 is 1.16 bits per heavy atom. The van der Waals surface area contributed by atoms with Gasteiger partial charge in [0, 0.05) is 5.02 Å². The van der Waals surface area contributed by atoms with Crippen LogP contribution in [0.2, 0.25) is 5.02 Å². The molecule has 0 radical (unpaired) electrons. The Morgan fingerprint density at radius 3 is 2.47 bits per heavy atom. The molecular weight excluding hydrogens is 254 g/mol. The summed E-state index contributed by atoms with van der Waals surface area (Å²) in [5.74, 6) is 1.69. The van der Waals surface area contributed by atoms with Crippen LogP contribution in [-0.2, 0) is 6.42 Å². The summed E-state index contributed by atoms with van der Waals surface area (Å²) in [6.45, 7) is 4.42. The molecule has 0 amide bonds. The highest BCUT2D eigenvalue weighted by Gasteiger charge is 2.23. The van der Waals surface area contributed by atoms with Gasteiger partial charge >= 0.3 is 0 Å². The van der Waals surface area contributed by atoms with Crippen LogP contribution in [0.3, 0.4) is 0 Å². The highest BCUT2D eigenvalue weighted by Crippen LogP contribution is 2.31. The smallest absolute Gasteiger partial charge is 0.0406 e. The minimum atomic E-state index is 0.779. The molecule has 1 atom stereocenters. The van der Waals surface area contributed by atoms with Crippen molar-refractivity contribution in [2.75, 3.05) is 13.1 Å². The lowest BCUT2D eigenvalue weighted by Gasteiger charge is -2.30. The van der Waals surface area contributed by atoms with Crippen LogP contribution in [0.15, 0.2) is 24.3 Å². The molecule has 1 aromatic rings. The first-order valence-corrected chi connectivity index (χ1v) is 8.12. The predicted octanol–water partition coefficient (Wildman–Crippen LogP) is 4.69. The summed E-state index contributed by atoms with van der Waals surface area (Å²) in [5, 5.41) is 4.39. The number of hydrogen-bond donors (Lipinski definition) is 1. The molecular formula is C17H26ClN. The third-order valence-corrected chi connectivity index (χ3v) is 4.64. The van der Waals surface area contributed by atoms with Gasteiger partial charge in [-0.15, -0.1) is 0 Å². The number of nitrogens with one attached hydrogen (secondary N) is 1. The minimum Gasteiger partial charge on any atom is -0.317 e. The molecule has 1 N–H and O–H groups in total. The molecule has 1 nitrogen and oxygen atoms in total. The van der Waals surface area contributed by atoms with Crippen LogP contribution in [0, 0.1) is 11.8 Å². The minimum absolute atomic E-state index is 0.779. The Kier molecular flexibility index (Phi) is 6.19. The topological polar surface area (TPSA) is 12.0 Å². The van der Waals surface area contributed by atoms with Crippen molar-refractivity contribution in [3.05, 3.63) is 34.9 Å². The van der Waals surface area contributed by atoms with Crippen molar-refractivity contribution in [1.82, 2.24) is 5.32 Å². The van der Waals surface area contributed by atoms with Crippen LogP contribution >= 0.6 is 11.6 Å². The van der Waals surface area contributed by atoms with Gasteiger partial charge < -0.3 is 5.32 Å². The monoisotopic (exact) mass is 279 g/mol. The van der Waals surface area contributed by atoms with Crippen molar-refractivity contribution in [3.8, 4) is 0 Å². The summed E-state index contributed by atoms with van der Waals surface area (Å²) in [6.07, 6.45) is 8.31. The third-order valence-electron chi connectivity index (χ3n) is 4.38. The van der Waals surface area contributed by atoms with Gasteiger partial charge in [-0.3, -0.25) is 0 Å². The van der Waals surface area contributed by atoms with Gasteiger partial charge in [0.15, 0.2) is 0 Å². The van der Waals surface area contributed by atoms with Crippen LogP contribution in [-0.4, -0.2) is 13.1 Å². The Morgan fingerprint density at radius 2 is 1.84 bits per heavy atom. The van der Waals surface area contributed by atoms with Gasteiger partial charge in [-0.25, -0.2) is 0 Å².